The Morgan fingerprint density at radius 1 is 1.54 bits per heavy atom. The van der Waals surface area contributed by atoms with Crippen molar-refractivity contribution in [2.75, 3.05) is 0 Å². The number of aromatic amines is 1. The Hall–Kier alpha value is -1.78. The minimum absolute atomic E-state index is 0.0406. The fourth-order valence-electron chi connectivity index (χ4n) is 1.13. The molecule has 2 N–H and O–H groups in total. The molecule has 0 aromatic carbocycles. The fraction of sp³-hybridized carbons (Fsp3) is 0.250. The van der Waals surface area contributed by atoms with Crippen molar-refractivity contribution >= 4 is 0 Å². The van der Waals surface area contributed by atoms with E-state index in [0.717, 1.165) is 5.56 Å². The van der Waals surface area contributed by atoms with E-state index in [1.807, 2.05) is 13.2 Å². The molecule has 0 spiro atoms. The molecule has 0 bridgehead atoms. The summed E-state index contributed by atoms with van der Waals surface area (Å²) in [5.74, 6) is 0.682. The zero-order chi connectivity index (χ0) is 9.42. The van der Waals surface area contributed by atoms with Crippen molar-refractivity contribution in [2.24, 2.45) is 7.05 Å². The summed E-state index contributed by atoms with van der Waals surface area (Å²) >= 11 is 0. The largest absolute Gasteiger partial charge is 0.492 e. The van der Waals surface area contributed by atoms with E-state index >= 15 is 0 Å². The van der Waals surface area contributed by atoms with Crippen molar-refractivity contribution < 1.29 is 5.11 Å². The molecule has 5 nitrogen and oxygen atoms in total. The summed E-state index contributed by atoms with van der Waals surface area (Å²) in [6, 6.07) is 0. The first kappa shape index (κ1) is 7.85. The third-order valence-corrected chi connectivity index (χ3v) is 1.84. The molecule has 0 aliphatic carbocycles. The SMILES string of the molecule is Cc1[nH]c(-c2cnn(C)c2)nc1O. The van der Waals surface area contributed by atoms with Crippen molar-refractivity contribution in [3.8, 4) is 17.3 Å². The predicted molar refractivity (Wildman–Crippen MR) is 47.2 cm³/mol. The van der Waals surface area contributed by atoms with Gasteiger partial charge in [-0.2, -0.15) is 10.1 Å². The molecule has 0 aliphatic rings. The molecule has 2 heterocycles. The first-order valence-electron chi connectivity index (χ1n) is 3.91. The van der Waals surface area contributed by atoms with Crippen LogP contribution < -0.4 is 0 Å². The number of nitrogens with zero attached hydrogens (tertiary/aromatic N) is 3. The number of aromatic hydroxyl groups is 1. The monoisotopic (exact) mass is 178 g/mol. The molecular formula is C8H10N4O. The van der Waals surface area contributed by atoms with Crippen LogP contribution in [0.25, 0.3) is 11.4 Å². The highest BCUT2D eigenvalue weighted by Crippen LogP contribution is 2.20. The van der Waals surface area contributed by atoms with Crippen LogP contribution in [0.4, 0.5) is 0 Å². The van der Waals surface area contributed by atoms with Crippen LogP contribution in [-0.4, -0.2) is 24.9 Å². The van der Waals surface area contributed by atoms with Gasteiger partial charge in [-0.05, 0) is 6.92 Å². The molecule has 2 aromatic heterocycles. The lowest BCUT2D eigenvalue weighted by atomic mass is 10.3. The lowest BCUT2D eigenvalue weighted by molar-refractivity contribution is 0.452. The smallest absolute Gasteiger partial charge is 0.232 e. The maximum Gasteiger partial charge on any atom is 0.232 e. The van der Waals surface area contributed by atoms with Crippen LogP contribution in [0, 0.1) is 6.92 Å². The summed E-state index contributed by atoms with van der Waals surface area (Å²) < 4.78 is 1.68. The molecule has 0 saturated heterocycles. The molecule has 0 radical (unpaired) electrons. The van der Waals surface area contributed by atoms with Crippen LogP contribution in [0.2, 0.25) is 0 Å². The van der Waals surface area contributed by atoms with E-state index in [2.05, 4.69) is 15.1 Å². The van der Waals surface area contributed by atoms with Gasteiger partial charge in [-0.25, -0.2) is 0 Å². The maximum atomic E-state index is 9.24. The van der Waals surface area contributed by atoms with Crippen LogP contribution in [-0.2, 0) is 7.05 Å². The predicted octanol–water partition coefficient (Wildman–Crippen LogP) is 0.824. The lowest BCUT2D eigenvalue weighted by Gasteiger charge is -1.86. The Balaban J connectivity index is 2.46. The Morgan fingerprint density at radius 3 is 2.77 bits per heavy atom. The van der Waals surface area contributed by atoms with Gasteiger partial charge in [0.25, 0.3) is 0 Å². The van der Waals surface area contributed by atoms with E-state index in [-0.39, 0.29) is 5.88 Å². The minimum atomic E-state index is 0.0406. The number of rotatable bonds is 1. The topological polar surface area (TPSA) is 66.7 Å². The van der Waals surface area contributed by atoms with E-state index < -0.39 is 0 Å². The lowest BCUT2D eigenvalue weighted by Crippen LogP contribution is -1.84. The first-order chi connectivity index (χ1) is 6.16. The van der Waals surface area contributed by atoms with E-state index in [0.29, 0.717) is 11.5 Å². The van der Waals surface area contributed by atoms with Gasteiger partial charge in [0.1, 0.15) is 5.82 Å². The normalized spacial score (nSPS) is 10.6. The summed E-state index contributed by atoms with van der Waals surface area (Å²) in [5, 5.41) is 13.2. The molecule has 2 aromatic rings. The van der Waals surface area contributed by atoms with Gasteiger partial charge in [0.05, 0.1) is 17.5 Å². The molecule has 0 unspecified atom stereocenters. The molecule has 13 heavy (non-hydrogen) atoms. The number of nitrogens with one attached hydrogen (secondary N) is 1. The molecule has 5 heteroatoms. The number of hydrogen-bond donors (Lipinski definition) is 2. The van der Waals surface area contributed by atoms with Crippen molar-refractivity contribution in [1.29, 1.82) is 0 Å². The Kier molecular flexibility index (Phi) is 1.58. The highest BCUT2D eigenvalue weighted by atomic mass is 16.3. The van der Waals surface area contributed by atoms with E-state index in [9.17, 15) is 5.11 Å². The van der Waals surface area contributed by atoms with Crippen LogP contribution in [0.3, 0.4) is 0 Å². The summed E-state index contributed by atoms with van der Waals surface area (Å²) in [4.78, 5) is 6.90. The van der Waals surface area contributed by atoms with Gasteiger partial charge in [0.2, 0.25) is 5.88 Å². The number of aromatic nitrogens is 4. The van der Waals surface area contributed by atoms with Gasteiger partial charge in [-0.3, -0.25) is 4.68 Å². The average Bonchev–Trinajstić information content (AvgIpc) is 2.61. The third kappa shape index (κ3) is 1.28. The van der Waals surface area contributed by atoms with Crippen LogP contribution >= 0.6 is 0 Å². The van der Waals surface area contributed by atoms with Gasteiger partial charge in [0, 0.05) is 13.2 Å². The third-order valence-electron chi connectivity index (χ3n) is 1.84. The maximum absolute atomic E-state index is 9.24. The summed E-state index contributed by atoms with van der Waals surface area (Å²) in [6.45, 7) is 1.77. The van der Waals surface area contributed by atoms with Gasteiger partial charge in [-0.1, -0.05) is 0 Å². The summed E-state index contributed by atoms with van der Waals surface area (Å²) in [5.41, 5.74) is 1.53. The van der Waals surface area contributed by atoms with E-state index in [4.69, 9.17) is 0 Å². The zero-order valence-corrected chi connectivity index (χ0v) is 7.44. The van der Waals surface area contributed by atoms with Crippen molar-refractivity contribution in [3.63, 3.8) is 0 Å². The first-order valence-corrected chi connectivity index (χ1v) is 3.91. The second-order valence-electron chi connectivity index (χ2n) is 2.94. The quantitative estimate of drug-likeness (QED) is 0.679. The number of hydrogen-bond acceptors (Lipinski definition) is 3. The standard InChI is InChI=1S/C8H10N4O/c1-5-8(13)11-7(10-5)6-3-9-12(2)4-6/h3-4,13H,1-2H3,(H,10,11). The van der Waals surface area contributed by atoms with Gasteiger partial charge < -0.3 is 10.1 Å². The zero-order valence-electron chi connectivity index (χ0n) is 7.44. The van der Waals surface area contributed by atoms with Crippen LogP contribution in [0.1, 0.15) is 5.69 Å². The highest BCUT2D eigenvalue weighted by Gasteiger charge is 2.07. The molecule has 0 aliphatic heterocycles. The van der Waals surface area contributed by atoms with E-state index in [1.54, 1.807) is 17.8 Å². The van der Waals surface area contributed by atoms with Crippen LogP contribution in [0.15, 0.2) is 12.4 Å². The molecule has 2 rings (SSSR count). The average molecular weight is 178 g/mol. The van der Waals surface area contributed by atoms with Crippen molar-refractivity contribution in [1.82, 2.24) is 19.7 Å². The van der Waals surface area contributed by atoms with E-state index in [1.165, 1.54) is 0 Å². The van der Waals surface area contributed by atoms with Crippen molar-refractivity contribution in [2.45, 2.75) is 6.92 Å². The Bertz CT molecular complexity index is 410. The molecule has 0 amide bonds. The Morgan fingerprint density at radius 2 is 2.31 bits per heavy atom. The second-order valence-corrected chi connectivity index (χ2v) is 2.94. The second kappa shape index (κ2) is 2.62. The van der Waals surface area contributed by atoms with Gasteiger partial charge in [-0.15, -0.1) is 0 Å². The summed E-state index contributed by atoms with van der Waals surface area (Å²) in [6.07, 6.45) is 3.52. The molecular weight excluding hydrogens is 168 g/mol. The van der Waals surface area contributed by atoms with Crippen molar-refractivity contribution in [3.05, 3.63) is 18.1 Å². The molecule has 68 valence electrons. The molecule has 0 fully saturated rings. The molecule has 0 saturated carbocycles. The van der Waals surface area contributed by atoms with Gasteiger partial charge >= 0.3 is 0 Å². The number of imidazole rings is 1. The number of H-pyrrole nitrogens is 1. The Labute approximate surface area is 75.0 Å². The van der Waals surface area contributed by atoms with Crippen LogP contribution in [0.5, 0.6) is 5.88 Å². The number of aryl methyl sites for hydroxylation is 2. The van der Waals surface area contributed by atoms with Gasteiger partial charge in [0.15, 0.2) is 0 Å². The summed E-state index contributed by atoms with van der Waals surface area (Å²) in [7, 11) is 1.83. The minimum Gasteiger partial charge on any atom is -0.492 e. The highest BCUT2D eigenvalue weighted by molar-refractivity contribution is 5.54. The molecule has 0 atom stereocenters. The fourth-order valence-corrected chi connectivity index (χ4v) is 1.13.